The molecule has 1 amide bonds. The van der Waals surface area contributed by atoms with Gasteiger partial charge in [-0.1, -0.05) is 19.3 Å². The van der Waals surface area contributed by atoms with Crippen LogP contribution in [0.3, 0.4) is 0 Å². The number of fused-ring (bicyclic) bond motifs is 1. The van der Waals surface area contributed by atoms with Crippen LogP contribution in [-0.4, -0.2) is 79.2 Å². The number of benzene rings is 1. The molecule has 3 heterocycles. The predicted octanol–water partition coefficient (Wildman–Crippen LogP) is 4.93. The van der Waals surface area contributed by atoms with Crippen LogP contribution in [0.15, 0.2) is 42.9 Å². The van der Waals surface area contributed by atoms with E-state index in [1.54, 1.807) is 24.2 Å². The number of nitrogens with one attached hydrogen (secondary N) is 1. The number of halogens is 1. The minimum Gasteiger partial charge on any atom is -0.339 e. The van der Waals surface area contributed by atoms with Crippen LogP contribution < -0.4 is 4.72 Å². The van der Waals surface area contributed by atoms with Crippen molar-refractivity contribution in [1.82, 2.24) is 24.1 Å². The smallest absolute Gasteiger partial charge is 0.256 e. The zero-order chi connectivity index (χ0) is 29.0. The van der Waals surface area contributed by atoms with Gasteiger partial charge in [-0.15, -0.1) is 0 Å². The van der Waals surface area contributed by atoms with Gasteiger partial charge in [-0.25, -0.2) is 17.5 Å². The maximum absolute atomic E-state index is 14.1. The highest BCUT2D eigenvalue weighted by atomic mass is 32.2. The van der Waals surface area contributed by atoms with E-state index in [0.717, 1.165) is 56.1 Å². The van der Waals surface area contributed by atoms with Crippen LogP contribution in [0, 0.1) is 5.82 Å². The Balaban J connectivity index is 0.000000283. The Labute approximate surface area is 237 Å². The topological polar surface area (TPSA) is 87.5 Å². The lowest BCUT2D eigenvalue weighted by molar-refractivity contribution is 0.0754. The molecule has 2 fully saturated rings. The fraction of sp³-hybridized carbons (Fsp3) is 0.533. The molecule has 218 valence electrons. The Kier molecular flexibility index (Phi) is 9.64. The number of hydrogen-bond acceptors (Lipinski definition) is 5. The lowest BCUT2D eigenvalue weighted by Crippen LogP contribution is -2.35. The molecular weight excluding hydrogens is 529 g/mol. The highest BCUT2D eigenvalue weighted by molar-refractivity contribution is 7.88. The first kappa shape index (κ1) is 30.1. The Morgan fingerprint density at radius 2 is 1.88 bits per heavy atom. The molecule has 1 aromatic carbocycles. The van der Waals surface area contributed by atoms with Crippen LogP contribution in [0.2, 0.25) is 0 Å². The van der Waals surface area contributed by atoms with Crippen molar-refractivity contribution < 1.29 is 17.6 Å². The largest absolute Gasteiger partial charge is 0.339 e. The number of sulfonamides is 1. The molecule has 5 rings (SSSR count). The SMILES string of the molecule is CC(C)N(C)C(=O)c1cc(F)ccc1-n1cc(C2CCN(C)C2)c2ccncc21.CS(=O)(=O)NC1CCCCC1. The molecule has 1 N–H and O–H groups in total. The average molecular weight is 572 g/mol. The van der Waals surface area contributed by atoms with Crippen LogP contribution in [0.25, 0.3) is 16.6 Å². The maximum Gasteiger partial charge on any atom is 0.256 e. The predicted molar refractivity (Wildman–Crippen MR) is 158 cm³/mol. The summed E-state index contributed by atoms with van der Waals surface area (Å²) in [5.41, 5.74) is 3.23. The molecule has 0 bridgehead atoms. The average Bonchev–Trinajstić information content (AvgIpc) is 3.51. The van der Waals surface area contributed by atoms with Gasteiger partial charge in [-0.2, -0.15) is 0 Å². The fourth-order valence-electron chi connectivity index (χ4n) is 5.65. The lowest BCUT2D eigenvalue weighted by atomic mass is 9.96. The number of hydrogen-bond donors (Lipinski definition) is 1. The molecule has 8 nitrogen and oxygen atoms in total. The number of aromatic nitrogens is 2. The first-order valence-corrected chi connectivity index (χ1v) is 16.0. The maximum atomic E-state index is 14.1. The van der Waals surface area contributed by atoms with E-state index < -0.39 is 15.8 Å². The van der Waals surface area contributed by atoms with E-state index in [1.807, 2.05) is 30.7 Å². The highest BCUT2D eigenvalue weighted by Crippen LogP contribution is 2.35. The minimum absolute atomic E-state index is 0.0197. The van der Waals surface area contributed by atoms with Crippen molar-refractivity contribution in [2.75, 3.05) is 33.4 Å². The van der Waals surface area contributed by atoms with E-state index in [-0.39, 0.29) is 18.0 Å². The van der Waals surface area contributed by atoms with Crippen molar-refractivity contribution in [3.8, 4) is 5.69 Å². The number of amides is 1. The van der Waals surface area contributed by atoms with E-state index in [1.165, 1.54) is 30.4 Å². The van der Waals surface area contributed by atoms with Gasteiger partial charge in [0.2, 0.25) is 10.0 Å². The second-order valence-corrected chi connectivity index (χ2v) is 13.3. The van der Waals surface area contributed by atoms with Crippen molar-refractivity contribution in [2.24, 2.45) is 0 Å². The molecule has 0 spiro atoms. The van der Waals surface area contributed by atoms with Gasteiger partial charge < -0.3 is 14.4 Å². The summed E-state index contributed by atoms with van der Waals surface area (Å²) in [5, 5.41) is 1.14. The summed E-state index contributed by atoms with van der Waals surface area (Å²) in [6.07, 6.45) is 13.6. The Morgan fingerprint density at radius 3 is 2.50 bits per heavy atom. The molecule has 3 aromatic rings. The first-order valence-electron chi connectivity index (χ1n) is 14.1. The number of pyridine rings is 1. The highest BCUT2D eigenvalue weighted by Gasteiger charge is 2.27. The second-order valence-electron chi connectivity index (χ2n) is 11.5. The van der Waals surface area contributed by atoms with Crippen molar-refractivity contribution in [2.45, 2.75) is 70.4 Å². The van der Waals surface area contributed by atoms with E-state index in [4.69, 9.17) is 0 Å². The van der Waals surface area contributed by atoms with Gasteiger partial charge in [0, 0.05) is 43.5 Å². The van der Waals surface area contributed by atoms with Gasteiger partial charge in [0.25, 0.3) is 5.91 Å². The molecule has 0 radical (unpaired) electrons. The number of rotatable bonds is 6. The van der Waals surface area contributed by atoms with Crippen molar-refractivity contribution >= 4 is 26.8 Å². The molecule has 1 saturated carbocycles. The zero-order valence-corrected chi connectivity index (χ0v) is 25.0. The number of carbonyl (C=O) groups is 1. The summed E-state index contributed by atoms with van der Waals surface area (Å²) >= 11 is 0. The summed E-state index contributed by atoms with van der Waals surface area (Å²) in [6, 6.07) is 6.69. The summed E-state index contributed by atoms with van der Waals surface area (Å²) < 4.78 is 40.3. The zero-order valence-electron chi connectivity index (χ0n) is 24.2. The monoisotopic (exact) mass is 571 g/mol. The third-order valence-electron chi connectivity index (χ3n) is 8.00. The van der Waals surface area contributed by atoms with Crippen molar-refractivity contribution in [3.05, 3.63) is 59.8 Å². The lowest BCUT2D eigenvalue weighted by Gasteiger charge is -2.23. The Hall–Kier alpha value is -2.82. The van der Waals surface area contributed by atoms with Crippen LogP contribution >= 0.6 is 0 Å². The standard InChI is InChI=1S/C23H27FN4O.C7H15NO2S/c1-15(2)27(4)23(29)19-11-17(24)5-6-21(19)28-14-20(16-8-10-26(3)13-16)18-7-9-25-12-22(18)28;1-11(9,10)8-7-5-3-2-4-6-7/h5-7,9,11-12,14-16H,8,10,13H2,1-4H3;7-8H,2-6H2,1H3. The summed E-state index contributed by atoms with van der Waals surface area (Å²) in [4.78, 5) is 21.4. The second kappa shape index (κ2) is 12.8. The minimum atomic E-state index is -2.97. The van der Waals surface area contributed by atoms with E-state index in [2.05, 4.69) is 27.9 Å². The summed E-state index contributed by atoms with van der Waals surface area (Å²) in [5.74, 6) is -0.173. The van der Waals surface area contributed by atoms with Gasteiger partial charge in [0.05, 0.1) is 29.2 Å². The Morgan fingerprint density at radius 1 is 1.15 bits per heavy atom. The van der Waals surface area contributed by atoms with Crippen LogP contribution in [0.5, 0.6) is 0 Å². The van der Waals surface area contributed by atoms with Gasteiger partial charge in [-0.05, 0) is 82.4 Å². The molecule has 1 atom stereocenters. The normalized spacial score (nSPS) is 18.6. The number of nitrogens with zero attached hydrogens (tertiary/aromatic N) is 4. The van der Waals surface area contributed by atoms with E-state index >= 15 is 0 Å². The molecule has 1 unspecified atom stereocenters. The first-order chi connectivity index (χ1) is 18.9. The van der Waals surface area contributed by atoms with Crippen LogP contribution in [0.4, 0.5) is 4.39 Å². The molecule has 2 aromatic heterocycles. The van der Waals surface area contributed by atoms with E-state index in [9.17, 15) is 17.6 Å². The number of carbonyl (C=O) groups excluding carboxylic acids is 1. The molecule has 1 aliphatic heterocycles. The quantitative estimate of drug-likeness (QED) is 0.453. The van der Waals surface area contributed by atoms with Gasteiger partial charge in [0.15, 0.2) is 0 Å². The van der Waals surface area contributed by atoms with Gasteiger partial charge in [-0.3, -0.25) is 9.78 Å². The van der Waals surface area contributed by atoms with Gasteiger partial charge in [0.1, 0.15) is 5.82 Å². The number of likely N-dealkylation sites (N-methyl/N-ethyl adjacent to an activating group) is 1. The molecule has 2 aliphatic rings. The van der Waals surface area contributed by atoms with Crippen LogP contribution in [0.1, 0.15) is 74.2 Å². The molecule has 1 saturated heterocycles. The molecule has 10 heteroatoms. The fourth-order valence-corrected chi connectivity index (χ4v) is 6.49. The van der Waals surface area contributed by atoms with Crippen molar-refractivity contribution in [3.63, 3.8) is 0 Å². The van der Waals surface area contributed by atoms with Gasteiger partial charge >= 0.3 is 0 Å². The summed E-state index contributed by atoms with van der Waals surface area (Å²) in [7, 11) is 0.911. The molecule has 1 aliphatic carbocycles. The molecular formula is C30H42FN5O3S. The third-order valence-corrected chi connectivity index (χ3v) is 8.76. The van der Waals surface area contributed by atoms with Crippen molar-refractivity contribution in [1.29, 1.82) is 0 Å². The summed E-state index contributed by atoms with van der Waals surface area (Å²) in [6.45, 7) is 5.97. The molecule has 40 heavy (non-hydrogen) atoms. The third kappa shape index (κ3) is 7.27. The Bertz CT molecular complexity index is 1430. The van der Waals surface area contributed by atoms with Crippen LogP contribution in [-0.2, 0) is 10.0 Å². The van der Waals surface area contributed by atoms with E-state index in [0.29, 0.717) is 17.2 Å². The number of likely N-dealkylation sites (tertiary alicyclic amines) is 1.